The van der Waals surface area contributed by atoms with E-state index in [2.05, 4.69) is 30.9 Å². The molecule has 0 atom stereocenters. The predicted octanol–water partition coefficient (Wildman–Crippen LogP) is 1.62. The molecule has 100 valence electrons. The van der Waals surface area contributed by atoms with Crippen LogP contribution >= 0.6 is 0 Å². The minimum Gasteiger partial charge on any atom is -0.393 e. The summed E-state index contributed by atoms with van der Waals surface area (Å²) in [5.74, 6) is 1.43. The van der Waals surface area contributed by atoms with E-state index in [0.717, 1.165) is 43.0 Å². The van der Waals surface area contributed by atoms with Crippen molar-refractivity contribution in [1.29, 1.82) is 0 Å². The van der Waals surface area contributed by atoms with Gasteiger partial charge in [-0.2, -0.15) is 0 Å². The average Bonchev–Trinajstić information content (AvgIpc) is 2.39. The average molecular weight is 249 g/mol. The van der Waals surface area contributed by atoms with E-state index in [4.69, 9.17) is 10.7 Å². The van der Waals surface area contributed by atoms with E-state index in [1.54, 1.807) is 0 Å². The molecule has 0 amide bonds. The van der Waals surface area contributed by atoms with Gasteiger partial charge in [-0.15, -0.1) is 0 Å². The van der Waals surface area contributed by atoms with E-state index in [1.807, 2.05) is 0 Å². The zero-order valence-electron chi connectivity index (χ0n) is 11.3. The molecule has 0 spiro atoms. The number of hydrogen-bond donors (Lipinski definition) is 2. The second kappa shape index (κ2) is 5.67. The van der Waals surface area contributed by atoms with Crippen LogP contribution < -0.4 is 10.6 Å². The number of pyridine rings is 1. The summed E-state index contributed by atoms with van der Waals surface area (Å²) < 4.78 is 0. The van der Waals surface area contributed by atoms with Crippen LogP contribution in [0.3, 0.4) is 0 Å². The Morgan fingerprint density at radius 2 is 2.06 bits per heavy atom. The normalized spacial score (nSPS) is 17.5. The lowest BCUT2D eigenvalue weighted by Crippen LogP contribution is -2.37. The molecule has 4 nitrogen and oxygen atoms in total. The first-order valence-electron chi connectivity index (χ1n) is 6.74. The Labute approximate surface area is 109 Å². The van der Waals surface area contributed by atoms with Crippen molar-refractivity contribution in [2.45, 2.75) is 45.3 Å². The van der Waals surface area contributed by atoms with Crippen LogP contribution in [0.2, 0.25) is 0 Å². The number of nitrogens with zero attached hydrogens (tertiary/aromatic N) is 2. The molecule has 1 aliphatic rings. The summed E-state index contributed by atoms with van der Waals surface area (Å²) >= 11 is 0. The summed E-state index contributed by atoms with van der Waals surface area (Å²) in [6, 6.07) is 4.15. The second-order valence-electron chi connectivity index (χ2n) is 5.30. The van der Waals surface area contributed by atoms with E-state index < -0.39 is 0 Å². The SMILES string of the molecule is CC(C)c1ccc(CN)c(N2CCC(O)CC2)n1. The van der Waals surface area contributed by atoms with E-state index in [0.29, 0.717) is 12.5 Å². The first-order chi connectivity index (χ1) is 8.61. The first-order valence-corrected chi connectivity index (χ1v) is 6.74. The Morgan fingerprint density at radius 3 is 2.61 bits per heavy atom. The van der Waals surface area contributed by atoms with Gasteiger partial charge in [0.05, 0.1) is 6.10 Å². The molecule has 0 saturated carbocycles. The van der Waals surface area contributed by atoms with Crippen LogP contribution in [0.15, 0.2) is 12.1 Å². The zero-order chi connectivity index (χ0) is 13.1. The van der Waals surface area contributed by atoms with Gasteiger partial charge >= 0.3 is 0 Å². The minimum atomic E-state index is -0.157. The number of nitrogens with two attached hydrogens (primary N) is 1. The molecule has 4 heteroatoms. The molecule has 0 aliphatic carbocycles. The van der Waals surface area contributed by atoms with Gasteiger partial charge in [0.25, 0.3) is 0 Å². The molecular formula is C14H23N3O. The maximum Gasteiger partial charge on any atom is 0.133 e. The van der Waals surface area contributed by atoms with Crippen molar-refractivity contribution in [2.24, 2.45) is 5.73 Å². The molecule has 0 radical (unpaired) electrons. The van der Waals surface area contributed by atoms with Crippen molar-refractivity contribution in [3.63, 3.8) is 0 Å². The number of aromatic nitrogens is 1. The fourth-order valence-electron chi connectivity index (χ4n) is 2.32. The van der Waals surface area contributed by atoms with Crippen LogP contribution in [-0.4, -0.2) is 29.3 Å². The zero-order valence-corrected chi connectivity index (χ0v) is 11.3. The van der Waals surface area contributed by atoms with Gasteiger partial charge in [0.2, 0.25) is 0 Å². The summed E-state index contributed by atoms with van der Waals surface area (Å²) in [6.07, 6.45) is 1.48. The van der Waals surface area contributed by atoms with Crippen molar-refractivity contribution in [3.8, 4) is 0 Å². The highest BCUT2D eigenvalue weighted by Crippen LogP contribution is 2.24. The smallest absolute Gasteiger partial charge is 0.133 e. The highest BCUT2D eigenvalue weighted by Gasteiger charge is 2.20. The number of aliphatic hydroxyl groups is 1. The largest absolute Gasteiger partial charge is 0.393 e. The molecule has 2 rings (SSSR count). The second-order valence-corrected chi connectivity index (χ2v) is 5.30. The van der Waals surface area contributed by atoms with Crippen LogP contribution in [0, 0.1) is 0 Å². The van der Waals surface area contributed by atoms with Crippen molar-refractivity contribution in [1.82, 2.24) is 4.98 Å². The lowest BCUT2D eigenvalue weighted by atomic mass is 10.1. The van der Waals surface area contributed by atoms with E-state index in [-0.39, 0.29) is 6.10 Å². The number of aliphatic hydroxyl groups excluding tert-OH is 1. The third-order valence-corrected chi connectivity index (χ3v) is 3.55. The Balaban J connectivity index is 2.26. The Bertz CT molecular complexity index is 398. The first kappa shape index (κ1) is 13.3. The standard InChI is InChI=1S/C14H23N3O/c1-10(2)13-4-3-11(9-15)14(16-13)17-7-5-12(18)6-8-17/h3-4,10,12,18H,5-9,15H2,1-2H3. The minimum absolute atomic E-state index is 0.157. The summed E-state index contributed by atoms with van der Waals surface area (Å²) in [7, 11) is 0. The number of hydrogen-bond acceptors (Lipinski definition) is 4. The van der Waals surface area contributed by atoms with Crippen molar-refractivity contribution in [2.75, 3.05) is 18.0 Å². The van der Waals surface area contributed by atoms with Crippen molar-refractivity contribution >= 4 is 5.82 Å². The fraction of sp³-hybridized carbons (Fsp3) is 0.643. The highest BCUT2D eigenvalue weighted by molar-refractivity contribution is 5.48. The van der Waals surface area contributed by atoms with Gasteiger partial charge in [-0.05, 0) is 24.8 Å². The van der Waals surface area contributed by atoms with Crippen LogP contribution in [0.4, 0.5) is 5.82 Å². The molecule has 1 aromatic rings. The lowest BCUT2D eigenvalue weighted by molar-refractivity contribution is 0.145. The summed E-state index contributed by atoms with van der Waals surface area (Å²) in [4.78, 5) is 7.01. The van der Waals surface area contributed by atoms with Gasteiger partial charge in [-0.3, -0.25) is 0 Å². The molecule has 1 aliphatic heterocycles. The Morgan fingerprint density at radius 1 is 1.39 bits per heavy atom. The highest BCUT2D eigenvalue weighted by atomic mass is 16.3. The topological polar surface area (TPSA) is 62.4 Å². The van der Waals surface area contributed by atoms with Crippen LogP contribution in [0.1, 0.15) is 43.9 Å². The summed E-state index contributed by atoms with van der Waals surface area (Å²) in [6.45, 7) is 6.54. The number of rotatable bonds is 3. The summed E-state index contributed by atoms with van der Waals surface area (Å²) in [5, 5.41) is 9.57. The molecule has 0 unspecified atom stereocenters. The third-order valence-electron chi connectivity index (χ3n) is 3.55. The molecule has 3 N–H and O–H groups in total. The lowest BCUT2D eigenvalue weighted by Gasteiger charge is -2.32. The molecule has 0 bridgehead atoms. The number of piperidine rings is 1. The molecular weight excluding hydrogens is 226 g/mol. The quantitative estimate of drug-likeness (QED) is 0.854. The monoisotopic (exact) mass is 249 g/mol. The van der Waals surface area contributed by atoms with Gasteiger partial charge in [0.1, 0.15) is 5.82 Å². The van der Waals surface area contributed by atoms with E-state index >= 15 is 0 Å². The maximum absolute atomic E-state index is 9.57. The fourth-order valence-corrected chi connectivity index (χ4v) is 2.32. The third kappa shape index (κ3) is 2.82. The number of anilines is 1. The van der Waals surface area contributed by atoms with Gasteiger partial charge in [0, 0.05) is 30.9 Å². The molecule has 1 fully saturated rings. The van der Waals surface area contributed by atoms with E-state index in [1.165, 1.54) is 0 Å². The van der Waals surface area contributed by atoms with Crippen molar-refractivity contribution < 1.29 is 5.11 Å². The Kier molecular flexibility index (Phi) is 4.19. The molecule has 0 aromatic carbocycles. The van der Waals surface area contributed by atoms with Gasteiger partial charge < -0.3 is 15.7 Å². The van der Waals surface area contributed by atoms with Gasteiger partial charge in [-0.25, -0.2) is 4.98 Å². The van der Waals surface area contributed by atoms with Crippen molar-refractivity contribution in [3.05, 3.63) is 23.4 Å². The van der Waals surface area contributed by atoms with Crippen LogP contribution in [0.25, 0.3) is 0 Å². The molecule has 1 saturated heterocycles. The predicted molar refractivity (Wildman–Crippen MR) is 73.7 cm³/mol. The molecule has 1 aromatic heterocycles. The van der Waals surface area contributed by atoms with Gasteiger partial charge in [0.15, 0.2) is 0 Å². The Hall–Kier alpha value is -1.13. The van der Waals surface area contributed by atoms with E-state index in [9.17, 15) is 5.11 Å². The summed E-state index contributed by atoms with van der Waals surface area (Å²) in [5.41, 5.74) is 7.99. The van der Waals surface area contributed by atoms with Crippen LogP contribution in [0.5, 0.6) is 0 Å². The van der Waals surface area contributed by atoms with Gasteiger partial charge in [-0.1, -0.05) is 19.9 Å². The molecule has 2 heterocycles. The molecule has 18 heavy (non-hydrogen) atoms. The van der Waals surface area contributed by atoms with Crippen LogP contribution in [-0.2, 0) is 6.54 Å². The maximum atomic E-state index is 9.57.